The zero-order valence-corrected chi connectivity index (χ0v) is 16.8. The van der Waals surface area contributed by atoms with Gasteiger partial charge in [-0.3, -0.25) is 14.9 Å². The number of hydrogen-bond donors (Lipinski definition) is 1. The van der Waals surface area contributed by atoms with Crippen molar-refractivity contribution < 1.29 is 19.2 Å². The molecule has 28 heavy (non-hydrogen) atoms. The van der Waals surface area contributed by atoms with Gasteiger partial charge < -0.3 is 10.1 Å². The molecule has 1 aliphatic rings. The van der Waals surface area contributed by atoms with E-state index in [-0.39, 0.29) is 16.3 Å². The minimum Gasteiger partial charge on any atom is -0.462 e. The Balaban J connectivity index is 1.91. The second-order valence-corrected chi connectivity index (χ2v) is 7.94. The first-order valence-corrected chi connectivity index (χ1v) is 10.2. The topological polar surface area (TPSA) is 98.5 Å². The standard InChI is InChI=1S/C19H19ClN2O5S/c1-2-9-27-19(24)16-13-5-3-4-6-15(13)28-18(16)21-17(23)12-8-7-11(22(25)26)10-14(12)20/h7-8,10H,2-6,9H2,1H3,(H,21,23). The second-order valence-electron chi connectivity index (χ2n) is 6.43. The monoisotopic (exact) mass is 422 g/mol. The number of anilines is 1. The number of nitrogens with one attached hydrogen (secondary N) is 1. The molecule has 0 radical (unpaired) electrons. The number of nitro groups is 1. The Bertz CT molecular complexity index is 941. The zero-order valence-electron chi connectivity index (χ0n) is 15.2. The van der Waals surface area contributed by atoms with Crippen LogP contribution in [0, 0.1) is 10.1 Å². The van der Waals surface area contributed by atoms with Crippen molar-refractivity contribution in [2.24, 2.45) is 0 Å². The average molecular weight is 423 g/mol. The van der Waals surface area contributed by atoms with E-state index in [2.05, 4.69) is 5.32 Å². The molecule has 148 valence electrons. The molecule has 1 amide bonds. The predicted molar refractivity (Wildman–Crippen MR) is 108 cm³/mol. The molecule has 0 spiro atoms. The van der Waals surface area contributed by atoms with Crippen molar-refractivity contribution >= 4 is 45.5 Å². The molecule has 9 heteroatoms. The van der Waals surface area contributed by atoms with Gasteiger partial charge in [0.2, 0.25) is 0 Å². The van der Waals surface area contributed by atoms with Crippen LogP contribution in [0.4, 0.5) is 10.7 Å². The fourth-order valence-electron chi connectivity index (χ4n) is 3.11. The number of ether oxygens (including phenoxy) is 1. The number of thiophene rings is 1. The molecule has 7 nitrogen and oxygen atoms in total. The minimum absolute atomic E-state index is 0.0249. The Morgan fingerprint density at radius 2 is 2.07 bits per heavy atom. The highest BCUT2D eigenvalue weighted by molar-refractivity contribution is 7.17. The van der Waals surface area contributed by atoms with Gasteiger partial charge in [0, 0.05) is 17.0 Å². The lowest BCUT2D eigenvalue weighted by Gasteiger charge is -2.12. The minimum atomic E-state index is -0.581. The van der Waals surface area contributed by atoms with Gasteiger partial charge in [-0.15, -0.1) is 11.3 Å². The van der Waals surface area contributed by atoms with Crippen LogP contribution in [0.3, 0.4) is 0 Å². The van der Waals surface area contributed by atoms with E-state index in [1.807, 2.05) is 6.92 Å². The van der Waals surface area contributed by atoms with E-state index in [1.54, 1.807) is 0 Å². The molecular formula is C19H19ClN2O5S. The van der Waals surface area contributed by atoms with Crippen LogP contribution in [0.5, 0.6) is 0 Å². The first-order chi connectivity index (χ1) is 13.4. The highest BCUT2D eigenvalue weighted by Crippen LogP contribution is 2.39. The molecule has 0 saturated heterocycles. The molecule has 0 atom stereocenters. The first kappa shape index (κ1) is 20.3. The summed E-state index contributed by atoms with van der Waals surface area (Å²) in [6.45, 7) is 2.22. The maximum absolute atomic E-state index is 12.7. The maximum atomic E-state index is 12.7. The summed E-state index contributed by atoms with van der Waals surface area (Å²) in [5.41, 5.74) is 1.27. The number of amides is 1. The van der Waals surface area contributed by atoms with Crippen LogP contribution >= 0.6 is 22.9 Å². The number of hydrogen-bond acceptors (Lipinski definition) is 6. The number of halogens is 1. The molecule has 0 bridgehead atoms. The van der Waals surface area contributed by atoms with E-state index in [0.29, 0.717) is 23.6 Å². The average Bonchev–Trinajstić information content (AvgIpc) is 3.03. The van der Waals surface area contributed by atoms with Gasteiger partial charge in [-0.25, -0.2) is 4.79 Å². The Hall–Kier alpha value is -2.45. The van der Waals surface area contributed by atoms with Gasteiger partial charge in [-0.2, -0.15) is 0 Å². The Labute approximate surface area is 170 Å². The number of non-ortho nitro benzene ring substituents is 1. The van der Waals surface area contributed by atoms with Crippen LogP contribution in [0.25, 0.3) is 0 Å². The number of fused-ring (bicyclic) bond motifs is 1. The molecule has 0 fully saturated rings. The summed E-state index contributed by atoms with van der Waals surface area (Å²) in [6.07, 6.45) is 4.37. The van der Waals surface area contributed by atoms with E-state index in [0.717, 1.165) is 42.2 Å². The number of nitrogens with zero attached hydrogens (tertiary/aromatic N) is 1. The molecular weight excluding hydrogens is 404 g/mol. The van der Waals surface area contributed by atoms with Crippen molar-refractivity contribution in [1.82, 2.24) is 0 Å². The summed E-state index contributed by atoms with van der Waals surface area (Å²) >= 11 is 7.43. The Morgan fingerprint density at radius 1 is 1.32 bits per heavy atom. The quantitative estimate of drug-likeness (QED) is 0.401. The first-order valence-electron chi connectivity index (χ1n) is 8.99. The third kappa shape index (κ3) is 4.18. The molecule has 1 aliphatic carbocycles. The smallest absolute Gasteiger partial charge is 0.341 e. The van der Waals surface area contributed by atoms with E-state index in [4.69, 9.17) is 16.3 Å². The predicted octanol–water partition coefficient (Wildman–Crippen LogP) is 5.01. The SMILES string of the molecule is CCCOC(=O)c1c(NC(=O)c2ccc([N+](=O)[O-])cc2Cl)sc2c1CCCC2. The summed E-state index contributed by atoms with van der Waals surface area (Å²) < 4.78 is 5.31. The summed E-state index contributed by atoms with van der Waals surface area (Å²) in [7, 11) is 0. The van der Waals surface area contributed by atoms with Gasteiger partial charge in [0.05, 0.1) is 27.7 Å². The van der Waals surface area contributed by atoms with E-state index in [1.165, 1.54) is 23.5 Å². The van der Waals surface area contributed by atoms with Crippen molar-refractivity contribution in [3.05, 3.63) is 54.9 Å². The Morgan fingerprint density at radius 3 is 2.75 bits per heavy atom. The fraction of sp³-hybridized carbons (Fsp3) is 0.368. The number of rotatable bonds is 6. The van der Waals surface area contributed by atoms with Crippen LogP contribution < -0.4 is 5.32 Å². The molecule has 2 aromatic rings. The Kier molecular flexibility index (Phi) is 6.31. The molecule has 0 saturated carbocycles. The number of benzene rings is 1. The van der Waals surface area contributed by atoms with E-state index < -0.39 is 16.8 Å². The highest BCUT2D eigenvalue weighted by Gasteiger charge is 2.28. The molecule has 1 heterocycles. The summed E-state index contributed by atoms with van der Waals surface area (Å²) in [6, 6.07) is 3.65. The molecule has 0 aliphatic heterocycles. The lowest BCUT2D eigenvalue weighted by molar-refractivity contribution is -0.384. The van der Waals surface area contributed by atoms with Gasteiger partial charge in [0.25, 0.3) is 11.6 Å². The van der Waals surface area contributed by atoms with Crippen molar-refractivity contribution in [1.29, 1.82) is 0 Å². The van der Waals surface area contributed by atoms with Gasteiger partial charge in [0.15, 0.2) is 0 Å². The number of esters is 1. The van der Waals surface area contributed by atoms with Crippen LogP contribution in [-0.2, 0) is 17.6 Å². The third-order valence-corrected chi connectivity index (χ3v) is 5.97. The van der Waals surface area contributed by atoms with Gasteiger partial charge >= 0.3 is 5.97 Å². The molecule has 0 unspecified atom stereocenters. The maximum Gasteiger partial charge on any atom is 0.341 e. The van der Waals surface area contributed by atoms with Crippen molar-refractivity contribution in [2.75, 3.05) is 11.9 Å². The van der Waals surface area contributed by atoms with Gasteiger partial charge in [-0.05, 0) is 43.7 Å². The number of carbonyl (C=O) groups excluding carboxylic acids is 2. The number of carbonyl (C=O) groups is 2. The highest BCUT2D eigenvalue weighted by atomic mass is 35.5. The van der Waals surface area contributed by atoms with Crippen LogP contribution in [0.15, 0.2) is 18.2 Å². The van der Waals surface area contributed by atoms with Crippen molar-refractivity contribution in [3.8, 4) is 0 Å². The lowest BCUT2D eigenvalue weighted by atomic mass is 9.95. The molecule has 1 N–H and O–H groups in total. The van der Waals surface area contributed by atoms with Gasteiger partial charge in [-0.1, -0.05) is 18.5 Å². The van der Waals surface area contributed by atoms with Crippen LogP contribution in [0.1, 0.15) is 57.3 Å². The zero-order chi connectivity index (χ0) is 20.3. The van der Waals surface area contributed by atoms with Crippen molar-refractivity contribution in [3.63, 3.8) is 0 Å². The lowest BCUT2D eigenvalue weighted by Crippen LogP contribution is -2.16. The van der Waals surface area contributed by atoms with Crippen molar-refractivity contribution in [2.45, 2.75) is 39.0 Å². The number of aryl methyl sites for hydroxylation is 1. The molecule has 1 aromatic heterocycles. The second kappa shape index (κ2) is 8.70. The summed E-state index contributed by atoms with van der Waals surface area (Å²) in [4.78, 5) is 36.6. The summed E-state index contributed by atoms with van der Waals surface area (Å²) in [5, 5.41) is 14.0. The largest absolute Gasteiger partial charge is 0.462 e. The number of nitro benzene ring substituents is 1. The van der Waals surface area contributed by atoms with Crippen LogP contribution in [-0.4, -0.2) is 23.4 Å². The molecule has 3 rings (SSSR count). The normalized spacial score (nSPS) is 12.9. The van der Waals surface area contributed by atoms with Gasteiger partial charge in [0.1, 0.15) is 5.00 Å². The van der Waals surface area contributed by atoms with E-state index >= 15 is 0 Å². The summed E-state index contributed by atoms with van der Waals surface area (Å²) in [5.74, 6) is -0.964. The third-order valence-electron chi connectivity index (χ3n) is 4.45. The van der Waals surface area contributed by atoms with E-state index in [9.17, 15) is 19.7 Å². The van der Waals surface area contributed by atoms with Crippen LogP contribution in [0.2, 0.25) is 5.02 Å². The fourth-order valence-corrected chi connectivity index (χ4v) is 4.64. The molecule has 1 aromatic carbocycles.